The van der Waals surface area contributed by atoms with Gasteiger partial charge in [0.05, 0.1) is 23.5 Å². The van der Waals surface area contributed by atoms with Gasteiger partial charge >= 0.3 is 0 Å². The summed E-state index contributed by atoms with van der Waals surface area (Å²) in [6.07, 6.45) is 0. The fourth-order valence-corrected chi connectivity index (χ4v) is 3.27. The molecule has 0 bridgehead atoms. The number of nitrogens with one attached hydrogen (secondary N) is 1. The molecule has 0 atom stereocenters. The van der Waals surface area contributed by atoms with E-state index in [0.29, 0.717) is 10.6 Å². The minimum absolute atomic E-state index is 0.0333. The predicted octanol–water partition coefficient (Wildman–Crippen LogP) is 3.80. The van der Waals surface area contributed by atoms with Crippen LogP contribution in [0.2, 0.25) is 0 Å². The molecule has 22 heavy (non-hydrogen) atoms. The van der Waals surface area contributed by atoms with Crippen LogP contribution in [0.3, 0.4) is 0 Å². The Hall–Kier alpha value is -2.28. The van der Waals surface area contributed by atoms with Crippen molar-refractivity contribution in [2.24, 2.45) is 0 Å². The van der Waals surface area contributed by atoms with E-state index in [0.717, 1.165) is 22.7 Å². The first-order valence-corrected chi connectivity index (χ1v) is 7.38. The summed E-state index contributed by atoms with van der Waals surface area (Å²) < 4.78 is 26.9. The molecule has 2 aromatic rings. The van der Waals surface area contributed by atoms with E-state index < -0.39 is 11.6 Å². The molecule has 0 amide bonds. The molecule has 0 fully saturated rings. The Labute approximate surface area is 129 Å². The zero-order valence-electron chi connectivity index (χ0n) is 11.9. The van der Waals surface area contributed by atoms with Crippen LogP contribution in [0.4, 0.5) is 14.5 Å². The van der Waals surface area contributed by atoms with Gasteiger partial charge in [-0.05, 0) is 26.0 Å². The molecule has 2 N–H and O–H groups in total. The number of aliphatic hydroxyl groups is 1. The summed E-state index contributed by atoms with van der Waals surface area (Å²) in [6, 6.07) is 3.14. The van der Waals surface area contributed by atoms with Crippen molar-refractivity contribution in [2.45, 2.75) is 13.8 Å². The van der Waals surface area contributed by atoms with Crippen LogP contribution >= 0.6 is 11.3 Å². The van der Waals surface area contributed by atoms with Crippen LogP contribution < -0.4 is 4.90 Å². The highest BCUT2D eigenvalue weighted by molar-refractivity contribution is 7.13. The van der Waals surface area contributed by atoms with Crippen LogP contribution in [-0.4, -0.2) is 22.5 Å². The Morgan fingerprint density at radius 1 is 1.32 bits per heavy atom. The molecule has 0 aliphatic carbocycles. The van der Waals surface area contributed by atoms with Gasteiger partial charge in [-0.25, -0.2) is 13.8 Å². The molecule has 0 radical (unpaired) electrons. The number of hydrogen-bond donors (Lipinski definition) is 2. The molecule has 0 spiro atoms. The van der Waals surface area contributed by atoms with Gasteiger partial charge in [0, 0.05) is 10.9 Å². The second-order valence-corrected chi connectivity index (χ2v) is 6.22. The average molecular weight is 321 g/mol. The first-order valence-electron chi connectivity index (χ1n) is 6.56. The van der Waals surface area contributed by atoms with Crippen LogP contribution in [0.25, 0.3) is 5.57 Å². The third-order valence-corrected chi connectivity index (χ3v) is 4.64. The van der Waals surface area contributed by atoms with Crippen LogP contribution in [0.15, 0.2) is 24.0 Å². The van der Waals surface area contributed by atoms with E-state index in [9.17, 15) is 13.9 Å². The Bertz CT molecular complexity index is 794. The normalized spacial score (nSPS) is 15.1. The number of halogens is 2. The van der Waals surface area contributed by atoms with Gasteiger partial charge in [-0.2, -0.15) is 0 Å². The second kappa shape index (κ2) is 5.17. The quantitative estimate of drug-likeness (QED) is 0.884. The molecule has 2 heterocycles. The number of thiazole rings is 1. The van der Waals surface area contributed by atoms with Gasteiger partial charge in [0.15, 0.2) is 0 Å². The zero-order chi connectivity index (χ0) is 16.0. The van der Waals surface area contributed by atoms with Gasteiger partial charge in [0.25, 0.3) is 0 Å². The number of hydrogen-bond acceptors (Lipinski definition) is 4. The molecule has 1 aliphatic heterocycles. The monoisotopic (exact) mass is 321 g/mol. The number of benzene rings is 1. The largest absolute Gasteiger partial charge is 0.510 e. The molecule has 7 heteroatoms. The molecule has 0 saturated heterocycles. The fourth-order valence-electron chi connectivity index (χ4n) is 2.29. The molecule has 0 saturated carbocycles. The highest BCUT2D eigenvalue weighted by atomic mass is 32.1. The maximum atomic E-state index is 13.9. The van der Waals surface area contributed by atoms with Gasteiger partial charge in [0.2, 0.25) is 0 Å². The number of aromatic nitrogens is 1. The van der Waals surface area contributed by atoms with Crippen LogP contribution in [-0.2, 0) is 0 Å². The van der Waals surface area contributed by atoms with E-state index in [-0.39, 0.29) is 23.8 Å². The summed E-state index contributed by atoms with van der Waals surface area (Å²) in [4.78, 5) is 6.63. The fraction of sp³-hybridized carbons (Fsp3) is 0.200. The van der Waals surface area contributed by atoms with Crippen molar-refractivity contribution in [1.29, 1.82) is 5.41 Å². The highest BCUT2D eigenvalue weighted by Crippen LogP contribution is 2.34. The average Bonchev–Trinajstić information content (AvgIpc) is 2.90. The molecule has 4 nitrogen and oxygen atoms in total. The Balaban J connectivity index is 1.99. The number of anilines is 1. The van der Waals surface area contributed by atoms with Gasteiger partial charge in [0.1, 0.15) is 28.2 Å². The van der Waals surface area contributed by atoms with Crippen molar-refractivity contribution in [3.63, 3.8) is 0 Å². The molecular formula is C15H13F2N3OS. The molecule has 1 aliphatic rings. The van der Waals surface area contributed by atoms with Crippen LogP contribution in [0, 0.1) is 30.9 Å². The number of aryl methyl sites for hydroxylation is 2. The number of aliphatic hydroxyl groups excluding tert-OH is 1. The summed E-state index contributed by atoms with van der Waals surface area (Å²) in [7, 11) is 0. The predicted molar refractivity (Wildman–Crippen MR) is 82.6 cm³/mol. The SMILES string of the molecule is Cc1nc(C2=C(O)CN(c3ccc(F)cc3F)C2=N)sc1C. The zero-order valence-corrected chi connectivity index (χ0v) is 12.8. The smallest absolute Gasteiger partial charge is 0.149 e. The van der Waals surface area contributed by atoms with E-state index in [1.165, 1.54) is 22.3 Å². The lowest BCUT2D eigenvalue weighted by atomic mass is 10.2. The van der Waals surface area contributed by atoms with E-state index >= 15 is 0 Å². The van der Waals surface area contributed by atoms with Crippen molar-refractivity contribution in [3.8, 4) is 0 Å². The van der Waals surface area contributed by atoms with E-state index in [1.807, 2.05) is 13.8 Å². The Morgan fingerprint density at radius 2 is 2.05 bits per heavy atom. The minimum atomic E-state index is -0.773. The molecule has 114 valence electrons. The summed E-state index contributed by atoms with van der Waals surface area (Å²) in [5.41, 5.74) is 1.18. The Kier molecular flexibility index (Phi) is 3.44. The van der Waals surface area contributed by atoms with Gasteiger partial charge < -0.3 is 10.0 Å². The summed E-state index contributed by atoms with van der Waals surface area (Å²) in [6.45, 7) is 3.72. The Morgan fingerprint density at radius 3 is 2.64 bits per heavy atom. The van der Waals surface area contributed by atoms with Gasteiger partial charge in [-0.15, -0.1) is 11.3 Å². The van der Waals surface area contributed by atoms with Gasteiger partial charge in [-0.1, -0.05) is 0 Å². The summed E-state index contributed by atoms with van der Waals surface area (Å²) >= 11 is 1.37. The number of rotatable bonds is 2. The maximum Gasteiger partial charge on any atom is 0.149 e. The molecule has 1 aromatic carbocycles. The van der Waals surface area contributed by atoms with Gasteiger partial charge in [-0.3, -0.25) is 5.41 Å². The summed E-state index contributed by atoms with van der Waals surface area (Å²) in [5, 5.41) is 18.9. The van der Waals surface area contributed by atoms with E-state index in [1.54, 1.807) is 0 Å². The lowest BCUT2D eigenvalue weighted by molar-refractivity contribution is 0.411. The topological polar surface area (TPSA) is 60.2 Å². The van der Waals surface area contributed by atoms with E-state index in [4.69, 9.17) is 5.41 Å². The lowest BCUT2D eigenvalue weighted by Gasteiger charge is -2.19. The first-order chi connectivity index (χ1) is 10.4. The molecule has 0 unspecified atom stereocenters. The molecular weight excluding hydrogens is 308 g/mol. The van der Waals surface area contributed by atoms with Crippen molar-refractivity contribution < 1.29 is 13.9 Å². The van der Waals surface area contributed by atoms with Crippen LogP contribution in [0.1, 0.15) is 15.6 Å². The first kappa shape index (κ1) is 14.6. The highest BCUT2D eigenvalue weighted by Gasteiger charge is 2.32. The van der Waals surface area contributed by atoms with Crippen molar-refractivity contribution in [2.75, 3.05) is 11.4 Å². The minimum Gasteiger partial charge on any atom is -0.510 e. The second-order valence-electron chi connectivity index (χ2n) is 5.01. The van der Waals surface area contributed by atoms with Crippen molar-refractivity contribution >= 4 is 28.4 Å². The van der Waals surface area contributed by atoms with Crippen LogP contribution in [0.5, 0.6) is 0 Å². The van der Waals surface area contributed by atoms with Crippen molar-refractivity contribution in [3.05, 3.63) is 51.2 Å². The third-order valence-electron chi connectivity index (χ3n) is 3.55. The maximum absolute atomic E-state index is 13.9. The number of amidine groups is 1. The lowest BCUT2D eigenvalue weighted by Crippen LogP contribution is -2.27. The standard InChI is InChI=1S/C15H13F2N3OS/c1-7-8(2)22-15(19-7)13-12(21)6-20(14(13)18)11-4-3-9(16)5-10(11)17/h3-5,18,21H,6H2,1-2H3. The summed E-state index contributed by atoms with van der Waals surface area (Å²) in [5.74, 6) is -1.54. The molecule has 3 rings (SSSR count). The van der Waals surface area contributed by atoms with Crippen molar-refractivity contribution in [1.82, 2.24) is 4.98 Å². The third kappa shape index (κ3) is 2.27. The number of nitrogens with zero attached hydrogens (tertiary/aromatic N) is 2. The van der Waals surface area contributed by atoms with E-state index in [2.05, 4.69) is 4.98 Å². The molecule has 1 aromatic heterocycles.